The zero-order valence-electron chi connectivity index (χ0n) is 14.8. The molecule has 0 aromatic heterocycles. The zero-order valence-corrected chi connectivity index (χ0v) is 14.8. The Morgan fingerprint density at radius 2 is 1.76 bits per heavy atom. The molecule has 0 fully saturated rings. The summed E-state index contributed by atoms with van der Waals surface area (Å²) in [5.41, 5.74) is 1.38. The van der Waals surface area contributed by atoms with Crippen LogP contribution in [0.25, 0.3) is 5.57 Å². The summed E-state index contributed by atoms with van der Waals surface area (Å²) in [7, 11) is 1.40. The summed E-state index contributed by atoms with van der Waals surface area (Å²) in [5, 5.41) is 9.44. The fraction of sp³-hybridized carbons (Fsp3) is 0.250. The van der Waals surface area contributed by atoms with Crippen LogP contribution in [0.2, 0.25) is 0 Å². The summed E-state index contributed by atoms with van der Waals surface area (Å²) in [6, 6.07) is 12.5. The Kier molecular flexibility index (Phi) is 6.06. The second kappa shape index (κ2) is 8.24. The third-order valence-electron chi connectivity index (χ3n) is 3.39. The first-order valence-corrected chi connectivity index (χ1v) is 7.93. The standard InChI is InChI=1S/C20H22O5/c1-13(2)24-19-14(3)8-7-11-18(19)25-17-10-6-5-9-15(17)16(12-23-4)20(21)22/h5-13H,1-4H3,(H,21,22)/b16-12+. The van der Waals surface area contributed by atoms with Crippen LogP contribution in [0.1, 0.15) is 25.0 Å². The maximum absolute atomic E-state index is 11.5. The smallest absolute Gasteiger partial charge is 0.339 e. The monoisotopic (exact) mass is 342 g/mol. The number of ether oxygens (including phenoxy) is 3. The van der Waals surface area contributed by atoms with Gasteiger partial charge in [-0.25, -0.2) is 4.79 Å². The fourth-order valence-corrected chi connectivity index (χ4v) is 2.34. The molecular weight excluding hydrogens is 320 g/mol. The van der Waals surface area contributed by atoms with Crippen molar-refractivity contribution in [2.75, 3.05) is 7.11 Å². The van der Waals surface area contributed by atoms with Crippen LogP contribution < -0.4 is 9.47 Å². The first-order valence-electron chi connectivity index (χ1n) is 7.93. The van der Waals surface area contributed by atoms with Gasteiger partial charge in [-0.1, -0.05) is 30.3 Å². The Morgan fingerprint density at radius 3 is 2.40 bits per heavy atom. The van der Waals surface area contributed by atoms with Crippen LogP contribution in [0, 0.1) is 6.92 Å². The van der Waals surface area contributed by atoms with Crippen molar-refractivity contribution in [1.82, 2.24) is 0 Å². The average molecular weight is 342 g/mol. The van der Waals surface area contributed by atoms with E-state index in [2.05, 4.69) is 0 Å². The van der Waals surface area contributed by atoms with Crippen molar-refractivity contribution in [3.8, 4) is 17.2 Å². The summed E-state index contributed by atoms with van der Waals surface area (Å²) in [6.45, 7) is 5.81. The SMILES string of the molecule is CO/C=C(/C(=O)O)c1ccccc1Oc1cccc(C)c1OC(C)C. The molecule has 0 saturated heterocycles. The lowest BCUT2D eigenvalue weighted by molar-refractivity contribution is -0.130. The van der Waals surface area contributed by atoms with Gasteiger partial charge in [0.25, 0.3) is 0 Å². The highest BCUT2D eigenvalue weighted by atomic mass is 16.5. The molecule has 0 saturated carbocycles. The van der Waals surface area contributed by atoms with Gasteiger partial charge in [0.15, 0.2) is 11.5 Å². The summed E-state index contributed by atoms with van der Waals surface area (Å²) in [4.78, 5) is 11.5. The van der Waals surface area contributed by atoms with Gasteiger partial charge in [0, 0.05) is 5.56 Å². The number of hydrogen-bond acceptors (Lipinski definition) is 4. The van der Waals surface area contributed by atoms with Crippen LogP contribution in [0.15, 0.2) is 48.7 Å². The largest absolute Gasteiger partial charge is 0.503 e. The summed E-state index contributed by atoms with van der Waals surface area (Å²) in [6.07, 6.45) is 1.17. The number of carboxylic acids is 1. The number of aryl methyl sites for hydroxylation is 1. The second-order valence-electron chi connectivity index (χ2n) is 5.74. The molecule has 0 aliphatic rings. The van der Waals surface area contributed by atoms with Crippen LogP contribution >= 0.6 is 0 Å². The Hall–Kier alpha value is -2.95. The molecule has 0 aliphatic carbocycles. The van der Waals surface area contributed by atoms with Gasteiger partial charge >= 0.3 is 5.97 Å². The van der Waals surface area contributed by atoms with Gasteiger partial charge in [-0.05, 0) is 38.5 Å². The minimum Gasteiger partial charge on any atom is -0.503 e. The van der Waals surface area contributed by atoms with E-state index < -0.39 is 5.97 Å². The molecule has 2 aromatic rings. The maximum Gasteiger partial charge on any atom is 0.339 e. The molecule has 2 rings (SSSR count). The van der Waals surface area contributed by atoms with E-state index in [1.807, 2.05) is 32.9 Å². The van der Waals surface area contributed by atoms with E-state index in [1.165, 1.54) is 13.4 Å². The number of rotatable bonds is 7. The van der Waals surface area contributed by atoms with E-state index in [4.69, 9.17) is 14.2 Å². The summed E-state index contributed by atoms with van der Waals surface area (Å²) >= 11 is 0. The molecule has 132 valence electrons. The van der Waals surface area contributed by atoms with Crippen molar-refractivity contribution in [2.24, 2.45) is 0 Å². The molecule has 2 aromatic carbocycles. The highest BCUT2D eigenvalue weighted by Crippen LogP contribution is 2.37. The van der Waals surface area contributed by atoms with Crippen molar-refractivity contribution in [2.45, 2.75) is 26.9 Å². The number of aliphatic carboxylic acids is 1. The van der Waals surface area contributed by atoms with Gasteiger partial charge in [-0.2, -0.15) is 0 Å². The number of carbonyl (C=O) groups is 1. The number of hydrogen-bond donors (Lipinski definition) is 1. The lowest BCUT2D eigenvalue weighted by Gasteiger charge is -2.18. The third kappa shape index (κ3) is 4.53. The van der Waals surface area contributed by atoms with Gasteiger partial charge in [-0.3, -0.25) is 0 Å². The highest BCUT2D eigenvalue weighted by Gasteiger charge is 2.18. The topological polar surface area (TPSA) is 65.0 Å². The van der Waals surface area contributed by atoms with Crippen molar-refractivity contribution < 1.29 is 24.1 Å². The minimum atomic E-state index is -1.10. The predicted octanol–water partition coefficient (Wildman–Crippen LogP) is 4.65. The third-order valence-corrected chi connectivity index (χ3v) is 3.39. The molecule has 25 heavy (non-hydrogen) atoms. The van der Waals surface area contributed by atoms with Crippen LogP contribution in [0.5, 0.6) is 17.2 Å². The number of benzene rings is 2. The number of para-hydroxylation sites is 2. The van der Waals surface area contributed by atoms with Gasteiger partial charge in [0.2, 0.25) is 0 Å². The maximum atomic E-state index is 11.5. The van der Waals surface area contributed by atoms with Crippen LogP contribution in [-0.2, 0) is 9.53 Å². The van der Waals surface area contributed by atoms with Crippen molar-refractivity contribution in [3.63, 3.8) is 0 Å². The van der Waals surface area contributed by atoms with Crippen molar-refractivity contribution in [3.05, 3.63) is 59.9 Å². The Balaban J connectivity index is 2.48. The van der Waals surface area contributed by atoms with E-state index in [-0.39, 0.29) is 11.7 Å². The molecule has 0 unspecified atom stereocenters. The minimum absolute atomic E-state index is 0.0112. The Bertz CT molecular complexity index is 777. The van der Waals surface area contributed by atoms with E-state index >= 15 is 0 Å². The normalized spacial score (nSPS) is 11.3. The molecule has 5 nitrogen and oxygen atoms in total. The Labute approximate surface area is 147 Å². The van der Waals surface area contributed by atoms with E-state index in [0.717, 1.165) is 5.56 Å². The van der Waals surface area contributed by atoms with Crippen molar-refractivity contribution in [1.29, 1.82) is 0 Å². The molecule has 0 amide bonds. The zero-order chi connectivity index (χ0) is 18.4. The van der Waals surface area contributed by atoms with E-state index in [0.29, 0.717) is 22.8 Å². The highest BCUT2D eigenvalue weighted by molar-refractivity contribution is 6.15. The lowest BCUT2D eigenvalue weighted by Crippen LogP contribution is -2.08. The number of carboxylic acid groups (broad SMARTS) is 1. The van der Waals surface area contributed by atoms with Gasteiger partial charge in [0.05, 0.1) is 19.5 Å². The van der Waals surface area contributed by atoms with Crippen molar-refractivity contribution >= 4 is 11.5 Å². The molecule has 1 N–H and O–H groups in total. The predicted molar refractivity (Wildman–Crippen MR) is 96.1 cm³/mol. The molecule has 0 heterocycles. The van der Waals surface area contributed by atoms with E-state index in [9.17, 15) is 9.90 Å². The molecule has 0 aliphatic heterocycles. The lowest BCUT2D eigenvalue weighted by atomic mass is 10.1. The van der Waals surface area contributed by atoms with Gasteiger partial charge < -0.3 is 19.3 Å². The summed E-state index contributed by atoms with van der Waals surface area (Å²) < 4.78 is 16.8. The number of methoxy groups -OCH3 is 1. The van der Waals surface area contributed by atoms with E-state index in [1.54, 1.807) is 30.3 Å². The first kappa shape index (κ1) is 18.4. The second-order valence-corrected chi connectivity index (χ2v) is 5.74. The molecule has 5 heteroatoms. The molecule has 0 bridgehead atoms. The van der Waals surface area contributed by atoms with Crippen LogP contribution in [0.3, 0.4) is 0 Å². The van der Waals surface area contributed by atoms with Crippen LogP contribution in [0.4, 0.5) is 0 Å². The van der Waals surface area contributed by atoms with Gasteiger partial charge in [0.1, 0.15) is 11.3 Å². The molecule has 0 spiro atoms. The average Bonchev–Trinajstić information content (AvgIpc) is 2.56. The quantitative estimate of drug-likeness (QED) is 0.586. The summed E-state index contributed by atoms with van der Waals surface area (Å²) in [5.74, 6) is 0.483. The first-order chi connectivity index (χ1) is 11.9. The molecular formula is C20H22O5. The molecule has 0 atom stereocenters. The van der Waals surface area contributed by atoms with Gasteiger partial charge in [-0.15, -0.1) is 0 Å². The Morgan fingerprint density at radius 1 is 1.08 bits per heavy atom. The molecule has 0 radical (unpaired) electrons. The fourth-order valence-electron chi connectivity index (χ4n) is 2.34. The van der Waals surface area contributed by atoms with Crippen LogP contribution in [-0.4, -0.2) is 24.3 Å².